The topological polar surface area (TPSA) is 61.0 Å². The third-order valence-corrected chi connectivity index (χ3v) is 3.20. The normalized spacial score (nSPS) is 14.3. The number of ether oxygens (including phenoxy) is 1. The molecule has 2 N–H and O–H groups in total. The molecule has 1 aliphatic rings. The summed E-state index contributed by atoms with van der Waals surface area (Å²) in [4.78, 5) is 8.45. The van der Waals surface area contributed by atoms with Gasteiger partial charge in [-0.3, -0.25) is 0 Å². The van der Waals surface area contributed by atoms with Crippen LogP contribution in [-0.4, -0.2) is 9.97 Å². The molecule has 1 heterocycles. The Morgan fingerprint density at radius 3 is 2.70 bits per heavy atom. The van der Waals surface area contributed by atoms with Gasteiger partial charge >= 0.3 is 0 Å². The van der Waals surface area contributed by atoms with Crippen LogP contribution in [0.3, 0.4) is 0 Å². The van der Waals surface area contributed by atoms with E-state index in [1.165, 1.54) is 0 Å². The number of hydrogen-bond donors (Lipinski definition) is 1. The molecule has 104 valence electrons. The average Bonchev–Trinajstić information content (AvgIpc) is 3.23. The SMILES string of the molecule is Cc1c(N)nc(C2CC2)nc1Oc1cc(F)ccc1F. The van der Waals surface area contributed by atoms with Crippen molar-refractivity contribution >= 4 is 5.82 Å². The van der Waals surface area contributed by atoms with E-state index in [2.05, 4.69) is 9.97 Å². The molecule has 0 aliphatic heterocycles. The molecule has 0 bridgehead atoms. The van der Waals surface area contributed by atoms with Crippen LogP contribution >= 0.6 is 0 Å². The standard InChI is InChI=1S/C14H13F2N3O/c1-7-12(17)18-13(8-2-3-8)19-14(7)20-11-6-9(15)4-5-10(11)16/h4-6,8H,2-3H2,1H3,(H2,17,18,19). The predicted molar refractivity (Wildman–Crippen MR) is 69.6 cm³/mol. The van der Waals surface area contributed by atoms with Gasteiger partial charge in [-0.05, 0) is 31.9 Å². The number of hydrogen-bond acceptors (Lipinski definition) is 4. The lowest BCUT2D eigenvalue weighted by Gasteiger charge is -2.11. The molecule has 0 saturated heterocycles. The Bertz CT molecular complexity index is 672. The van der Waals surface area contributed by atoms with Gasteiger partial charge in [0.1, 0.15) is 17.5 Å². The molecule has 4 nitrogen and oxygen atoms in total. The molecule has 0 amide bonds. The Labute approximate surface area is 114 Å². The number of aromatic nitrogens is 2. The van der Waals surface area contributed by atoms with E-state index in [0.717, 1.165) is 31.0 Å². The van der Waals surface area contributed by atoms with Crippen LogP contribution in [0.15, 0.2) is 18.2 Å². The zero-order valence-electron chi connectivity index (χ0n) is 10.9. The molecule has 0 unspecified atom stereocenters. The van der Waals surface area contributed by atoms with Crippen molar-refractivity contribution in [3.63, 3.8) is 0 Å². The maximum atomic E-state index is 13.6. The van der Waals surface area contributed by atoms with E-state index >= 15 is 0 Å². The summed E-state index contributed by atoms with van der Waals surface area (Å²) in [5, 5.41) is 0. The lowest BCUT2D eigenvalue weighted by atomic mass is 10.3. The molecule has 0 radical (unpaired) electrons. The van der Waals surface area contributed by atoms with Gasteiger partial charge in [0, 0.05) is 12.0 Å². The molecular formula is C14H13F2N3O. The largest absolute Gasteiger partial charge is 0.435 e. The molecule has 6 heteroatoms. The summed E-state index contributed by atoms with van der Waals surface area (Å²) in [6.07, 6.45) is 2.02. The molecule has 0 spiro atoms. The molecular weight excluding hydrogens is 264 g/mol. The van der Waals surface area contributed by atoms with Crippen molar-refractivity contribution in [3.05, 3.63) is 41.2 Å². The highest BCUT2D eigenvalue weighted by Gasteiger charge is 2.28. The Kier molecular flexibility index (Phi) is 3.00. The summed E-state index contributed by atoms with van der Waals surface area (Å²) in [5.74, 6) is -0.0949. The molecule has 20 heavy (non-hydrogen) atoms. The van der Waals surface area contributed by atoms with E-state index in [1.807, 2.05) is 0 Å². The number of rotatable bonds is 3. The van der Waals surface area contributed by atoms with Crippen molar-refractivity contribution in [1.82, 2.24) is 9.97 Å². The Morgan fingerprint density at radius 2 is 2.00 bits per heavy atom. The van der Waals surface area contributed by atoms with Gasteiger partial charge in [0.2, 0.25) is 5.88 Å². The lowest BCUT2D eigenvalue weighted by molar-refractivity contribution is 0.417. The zero-order valence-corrected chi connectivity index (χ0v) is 10.9. The van der Waals surface area contributed by atoms with Gasteiger partial charge in [-0.2, -0.15) is 4.98 Å². The summed E-state index contributed by atoms with van der Waals surface area (Å²) in [6.45, 7) is 1.68. The summed E-state index contributed by atoms with van der Waals surface area (Å²) in [6, 6.07) is 3.01. The number of nitrogens with two attached hydrogens (primary N) is 1. The van der Waals surface area contributed by atoms with Crippen molar-refractivity contribution in [2.75, 3.05) is 5.73 Å². The third-order valence-electron chi connectivity index (χ3n) is 3.20. The van der Waals surface area contributed by atoms with Crippen LogP contribution in [0.5, 0.6) is 11.6 Å². The first-order valence-electron chi connectivity index (χ1n) is 6.31. The van der Waals surface area contributed by atoms with Crippen LogP contribution in [-0.2, 0) is 0 Å². The Morgan fingerprint density at radius 1 is 1.25 bits per heavy atom. The highest BCUT2D eigenvalue weighted by Crippen LogP contribution is 2.40. The average molecular weight is 277 g/mol. The Balaban J connectivity index is 1.99. The number of anilines is 1. The van der Waals surface area contributed by atoms with Crippen LogP contribution in [0.4, 0.5) is 14.6 Å². The van der Waals surface area contributed by atoms with E-state index in [-0.39, 0.29) is 17.5 Å². The monoisotopic (exact) mass is 277 g/mol. The van der Waals surface area contributed by atoms with Crippen molar-refractivity contribution in [1.29, 1.82) is 0 Å². The van der Waals surface area contributed by atoms with Gasteiger partial charge in [-0.25, -0.2) is 13.8 Å². The Hall–Kier alpha value is -2.24. The third kappa shape index (κ3) is 2.41. The second-order valence-corrected chi connectivity index (χ2v) is 4.85. The molecule has 1 fully saturated rings. The minimum absolute atomic E-state index is 0.170. The van der Waals surface area contributed by atoms with E-state index in [4.69, 9.17) is 10.5 Å². The van der Waals surface area contributed by atoms with E-state index in [1.54, 1.807) is 6.92 Å². The van der Waals surface area contributed by atoms with E-state index in [9.17, 15) is 8.78 Å². The van der Waals surface area contributed by atoms with Crippen LogP contribution in [0.1, 0.15) is 30.1 Å². The van der Waals surface area contributed by atoms with Gasteiger partial charge in [0.15, 0.2) is 11.6 Å². The molecule has 1 aromatic heterocycles. The maximum absolute atomic E-state index is 13.6. The zero-order chi connectivity index (χ0) is 14.3. The fourth-order valence-electron chi connectivity index (χ4n) is 1.81. The first-order valence-corrected chi connectivity index (χ1v) is 6.31. The lowest BCUT2D eigenvalue weighted by Crippen LogP contribution is -2.04. The number of nitrogens with zero attached hydrogens (tertiary/aromatic N) is 2. The van der Waals surface area contributed by atoms with Crippen molar-refractivity contribution in [2.45, 2.75) is 25.7 Å². The van der Waals surface area contributed by atoms with Gasteiger partial charge in [-0.15, -0.1) is 0 Å². The van der Waals surface area contributed by atoms with Gasteiger partial charge in [-0.1, -0.05) is 0 Å². The van der Waals surface area contributed by atoms with Crippen LogP contribution in [0.2, 0.25) is 0 Å². The fraction of sp³-hybridized carbons (Fsp3) is 0.286. The molecule has 3 rings (SSSR count). The smallest absolute Gasteiger partial charge is 0.227 e. The van der Waals surface area contributed by atoms with Crippen LogP contribution in [0.25, 0.3) is 0 Å². The summed E-state index contributed by atoms with van der Waals surface area (Å²) >= 11 is 0. The highest BCUT2D eigenvalue weighted by atomic mass is 19.1. The summed E-state index contributed by atoms with van der Waals surface area (Å²) in [7, 11) is 0. The molecule has 2 aromatic rings. The second kappa shape index (κ2) is 4.70. The second-order valence-electron chi connectivity index (χ2n) is 4.85. The first-order chi connectivity index (χ1) is 9.54. The first kappa shape index (κ1) is 12.8. The van der Waals surface area contributed by atoms with Crippen molar-refractivity contribution in [2.24, 2.45) is 0 Å². The molecule has 0 atom stereocenters. The fourth-order valence-corrected chi connectivity index (χ4v) is 1.81. The van der Waals surface area contributed by atoms with E-state index < -0.39 is 11.6 Å². The predicted octanol–water partition coefficient (Wildman–Crippen LogP) is 3.32. The summed E-state index contributed by atoms with van der Waals surface area (Å²) < 4.78 is 32.1. The summed E-state index contributed by atoms with van der Waals surface area (Å²) in [5.41, 5.74) is 6.32. The van der Waals surface area contributed by atoms with Crippen LogP contribution in [0, 0.1) is 18.6 Å². The highest BCUT2D eigenvalue weighted by molar-refractivity contribution is 5.46. The number of nitrogen functional groups attached to an aromatic ring is 1. The minimum atomic E-state index is -0.657. The maximum Gasteiger partial charge on any atom is 0.227 e. The minimum Gasteiger partial charge on any atom is -0.435 e. The molecule has 1 aromatic carbocycles. The molecule has 1 saturated carbocycles. The van der Waals surface area contributed by atoms with Crippen molar-refractivity contribution in [3.8, 4) is 11.6 Å². The van der Waals surface area contributed by atoms with Gasteiger partial charge < -0.3 is 10.5 Å². The van der Waals surface area contributed by atoms with Crippen molar-refractivity contribution < 1.29 is 13.5 Å². The van der Waals surface area contributed by atoms with E-state index in [0.29, 0.717) is 17.2 Å². The molecule has 1 aliphatic carbocycles. The van der Waals surface area contributed by atoms with Gasteiger partial charge in [0.25, 0.3) is 0 Å². The van der Waals surface area contributed by atoms with Gasteiger partial charge in [0.05, 0.1) is 5.56 Å². The quantitative estimate of drug-likeness (QED) is 0.935. The number of benzene rings is 1. The number of halogens is 2. The van der Waals surface area contributed by atoms with Crippen LogP contribution < -0.4 is 10.5 Å².